The summed E-state index contributed by atoms with van der Waals surface area (Å²) in [6.07, 6.45) is 2.69. The number of nitrogens with one attached hydrogen (secondary N) is 1. The van der Waals surface area contributed by atoms with E-state index in [0.717, 1.165) is 12.5 Å². The average Bonchev–Trinajstić information content (AvgIpc) is 3.14. The second kappa shape index (κ2) is 9.84. The van der Waals surface area contributed by atoms with Gasteiger partial charge in [-0.15, -0.1) is 0 Å². The molecule has 0 aliphatic rings. The van der Waals surface area contributed by atoms with Gasteiger partial charge < -0.3 is 14.6 Å². The standard InChI is InChI=1S/C18H21ClN4O5/c1-3-7-20-17(24)14-11-28-16(21-14)10-22(8-4-2)18(25)12-5-6-13(19)15(9-12)23(26)27/h5-6,9,11H,3-4,7-8,10H2,1-2H3,(H,20,24). The lowest BCUT2D eigenvalue weighted by molar-refractivity contribution is -0.384. The molecular formula is C18H21ClN4O5. The van der Waals surface area contributed by atoms with E-state index in [1.54, 1.807) is 0 Å². The van der Waals surface area contributed by atoms with E-state index in [1.807, 2.05) is 13.8 Å². The maximum atomic E-state index is 12.8. The van der Waals surface area contributed by atoms with Crippen molar-refractivity contribution in [3.05, 3.63) is 56.7 Å². The van der Waals surface area contributed by atoms with Gasteiger partial charge in [-0.25, -0.2) is 4.98 Å². The predicted octanol–water partition coefficient (Wildman–Crippen LogP) is 3.43. The third-order valence-electron chi connectivity index (χ3n) is 3.82. The molecule has 0 fully saturated rings. The first-order valence-electron chi connectivity index (χ1n) is 8.83. The molecule has 150 valence electrons. The molecule has 0 atom stereocenters. The minimum absolute atomic E-state index is 0.0319. The normalized spacial score (nSPS) is 10.5. The van der Waals surface area contributed by atoms with Crippen LogP contribution in [0.1, 0.15) is 53.4 Å². The van der Waals surface area contributed by atoms with Crippen LogP contribution in [0.2, 0.25) is 5.02 Å². The first-order chi connectivity index (χ1) is 13.4. The van der Waals surface area contributed by atoms with Crippen molar-refractivity contribution in [1.82, 2.24) is 15.2 Å². The molecule has 1 N–H and O–H groups in total. The average molecular weight is 409 g/mol. The number of rotatable bonds is 9. The van der Waals surface area contributed by atoms with Crippen LogP contribution in [0.5, 0.6) is 0 Å². The number of carbonyl (C=O) groups is 2. The zero-order valence-electron chi connectivity index (χ0n) is 15.6. The van der Waals surface area contributed by atoms with Crippen LogP contribution in [0.15, 0.2) is 28.9 Å². The number of hydrogen-bond donors (Lipinski definition) is 1. The molecule has 9 nitrogen and oxygen atoms in total. The van der Waals surface area contributed by atoms with Crippen molar-refractivity contribution >= 4 is 29.1 Å². The summed E-state index contributed by atoms with van der Waals surface area (Å²) in [5.41, 5.74) is -0.0681. The molecule has 1 aromatic heterocycles. The van der Waals surface area contributed by atoms with Gasteiger partial charge in [0.1, 0.15) is 11.3 Å². The van der Waals surface area contributed by atoms with Gasteiger partial charge in [-0.1, -0.05) is 25.4 Å². The lowest BCUT2D eigenvalue weighted by Crippen LogP contribution is -2.31. The number of nitrogens with zero attached hydrogens (tertiary/aromatic N) is 3. The number of amides is 2. The van der Waals surface area contributed by atoms with Crippen molar-refractivity contribution in [2.45, 2.75) is 33.2 Å². The van der Waals surface area contributed by atoms with Crippen LogP contribution >= 0.6 is 11.6 Å². The maximum Gasteiger partial charge on any atom is 0.288 e. The van der Waals surface area contributed by atoms with Crippen LogP contribution in [-0.2, 0) is 6.54 Å². The molecular weight excluding hydrogens is 388 g/mol. The molecule has 0 unspecified atom stereocenters. The number of aromatic nitrogens is 1. The van der Waals surface area contributed by atoms with Crippen molar-refractivity contribution in [2.75, 3.05) is 13.1 Å². The summed E-state index contributed by atoms with van der Waals surface area (Å²) in [6.45, 7) is 4.77. The molecule has 28 heavy (non-hydrogen) atoms. The Hall–Kier alpha value is -2.94. The molecule has 0 aliphatic heterocycles. The van der Waals surface area contributed by atoms with Crippen LogP contribution < -0.4 is 5.32 Å². The van der Waals surface area contributed by atoms with Crippen molar-refractivity contribution in [3.8, 4) is 0 Å². The highest BCUT2D eigenvalue weighted by Gasteiger charge is 2.22. The highest BCUT2D eigenvalue weighted by Crippen LogP contribution is 2.26. The van der Waals surface area contributed by atoms with Gasteiger partial charge >= 0.3 is 0 Å². The fourth-order valence-corrected chi connectivity index (χ4v) is 2.66. The number of hydrogen-bond acceptors (Lipinski definition) is 6. The monoisotopic (exact) mass is 408 g/mol. The Morgan fingerprint density at radius 1 is 1.32 bits per heavy atom. The Labute approximate surface area is 166 Å². The van der Waals surface area contributed by atoms with E-state index in [0.29, 0.717) is 19.5 Å². The third-order valence-corrected chi connectivity index (χ3v) is 4.14. The number of nitro benzene ring substituents is 1. The van der Waals surface area contributed by atoms with Crippen LogP contribution in [0, 0.1) is 10.1 Å². The lowest BCUT2D eigenvalue weighted by atomic mass is 10.1. The van der Waals surface area contributed by atoms with Crippen molar-refractivity contribution in [2.24, 2.45) is 0 Å². The van der Waals surface area contributed by atoms with Gasteiger partial charge in [0.15, 0.2) is 5.69 Å². The summed E-state index contributed by atoms with van der Waals surface area (Å²) in [7, 11) is 0. The van der Waals surface area contributed by atoms with E-state index in [-0.39, 0.29) is 40.3 Å². The quantitative estimate of drug-likeness (QED) is 0.501. The Bertz CT molecular complexity index is 867. The highest BCUT2D eigenvalue weighted by atomic mass is 35.5. The van der Waals surface area contributed by atoms with Gasteiger partial charge in [0, 0.05) is 24.7 Å². The molecule has 0 saturated heterocycles. The lowest BCUT2D eigenvalue weighted by Gasteiger charge is -2.20. The Morgan fingerprint density at radius 3 is 2.71 bits per heavy atom. The second-order valence-corrected chi connectivity index (χ2v) is 6.44. The summed E-state index contributed by atoms with van der Waals surface area (Å²) in [5, 5.41) is 13.7. The van der Waals surface area contributed by atoms with Crippen molar-refractivity contribution in [3.63, 3.8) is 0 Å². The number of nitro groups is 1. The van der Waals surface area contributed by atoms with E-state index in [2.05, 4.69) is 10.3 Å². The fourth-order valence-electron chi connectivity index (χ4n) is 2.47. The SMILES string of the molecule is CCCNC(=O)c1coc(CN(CCC)C(=O)c2ccc(Cl)c([N+](=O)[O-])c2)n1. The van der Waals surface area contributed by atoms with Gasteiger partial charge in [0.05, 0.1) is 11.5 Å². The van der Waals surface area contributed by atoms with Crippen LogP contribution in [0.25, 0.3) is 0 Å². The summed E-state index contributed by atoms with van der Waals surface area (Å²) < 4.78 is 5.31. The van der Waals surface area contributed by atoms with E-state index < -0.39 is 10.8 Å². The molecule has 0 spiro atoms. The van der Waals surface area contributed by atoms with Crippen LogP contribution in [0.3, 0.4) is 0 Å². The zero-order chi connectivity index (χ0) is 20.7. The summed E-state index contributed by atoms with van der Waals surface area (Å²) in [5.74, 6) is -0.567. The molecule has 0 radical (unpaired) electrons. The summed E-state index contributed by atoms with van der Waals surface area (Å²) >= 11 is 5.81. The van der Waals surface area contributed by atoms with Gasteiger partial charge in [0.25, 0.3) is 17.5 Å². The summed E-state index contributed by atoms with van der Waals surface area (Å²) in [6, 6.07) is 3.89. The number of oxazole rings is 1. The second-order valence-electron chi connectivity index (χ2n) is 6.03. The molecule has 10 heteroatoms. The van der Waals surface area contributed by atoms with Crippen molar-refractivity contribution < 1.29 is 18.9 Å². The first-order valence-corrected chi connectivity index (χ1v) is 9.21. The largest absolute Gasteiger partial charge is 0.446 e. The molecule has 0 saturated carbocycles. The van der Waals surface area contributed by atoms with Gasteiger partial charge in [-0.3, -0.25) is 19.7 Å². The smallest absolute Gasteiger partial charge is 0.288 e. The van der Waals surface area contributed by atoms with Gasteiger partial charge in [-0.2, -0.15) is 0 Å². The molecule has 2 amide bonds. The highest BCUT2D eigenvalue weighted by molar-refractivity contribution is 6.32. The first kappa shape index (κ1) is 21.4. The van der Waals surface area contributed by atoms with Crippen LogP contribution in [0.4, 0.5) is 5.69 Å². The molecule has 0 bridgehead atoms. The fraction of sp³-hybridized carbons (Fsp3) is 0.389. The van der Waals surface area contributed by atoms with Crippen molar-refractivity contribution in [1.29, 1.82) is 0 Å². The van der Waals surface area contributed by atoms with E-state index in [1.165, 1.54) is 23.3 Å². The number of halogens is 1. The molecule has 1 heterocycles. The molecule has 1 aromatic carbocycles. The van der Waals surface area contributed by atoms with E-state index in [9.17, 15) is 19.7 Å². The Kier molecular flexibility index (Phi) is 7.51. The Morgan fingerprint density at radius 2 is 2.07 bits per heavy atom. The topological polar surface area (TPSA) is 119 Å². The van der Waals surface area contributed by atoms with E-state index in [4.69, 9.17) is 16.0 Å². The molecule has 2 rings (SSSR count). The zero-order valence-corrected chi connectivity index (χ0v) is 16.4. The van der Waals surface area contributed by atoms with Crippen LogP contribution in [-0.4, -0.2) is 39.7 Å². The summed E-state index contributed by atoms with van der Waals surface area (Å²) in [4.78, 5) is 40.7. The minimum atomic E-state index is -0.640. The van der Waals surface area contributed by atoms with Gasteiger partial charge in [0.2, 0.25) is 5.89 Å². The minimum Gasteiger partial charge on any atom is -0.446 e. The molecule has 0 aliphatic carbocycles. The number of benzene rings is 1. The number of carbonyl (C=O) groups excluding carboxylic acids is 2. The maximum absolute atomic E-state index is 12.8. The van der Waals surface area contributed by atoms with E-state index >= 15 is 0 Å². The third kappa shape index (κ3) is 5.29. The van der Waals surface area contributed by atoms with Gasteiger partial charge in [-0.05, 0) is 25.0 Å². The molecule has 2 aromatic rings. The predicted molar refractivity (Wildman–Crippen MR) is 102 cm³/mol. The Balaban J connectivity index is 2.18.